The molecule has 1 saturated heterocycles. The van der Waals surface area contributed by atoms with Gasteiger partial charge < -0.3 is 24.4 Å². The van der Waals surface area contributed by atoms with Gasteiger partial charge >= 0.3 is 0 Å². The summed E-state index contributed by atoms with van der Waals surface area (Å²) < 4.78 is 40.0. The summed E-state index contributed by atoms with van der Waals surface area (Å²) in [5.74, 6) is 0.896. The van der Waals surface area contributed by atoms with E-state index in [-0.39, 0.29) is 11.7 Å². The highest BCUT2D eigenvalue weighted by atomic mass is 32.2. The molecular formula is C14H19N3O5S. The standard InChI is InChI=1S/C14H19N3O5S/c1-20-10-2-3-12(23(15,18)19)13(11-8-21-9-22-11)14(10)17-6-4-16-5-7-17/h2-3,8,16H,4-7,9H2,1H3,(H2,15,18,19). The van der Waals surface area contributed by atoms with E-state index >= 15 is 0 Å². The molecule has 126 valence electrons. The van der Waals surface area contributed by atoms with Gasteiger partial charge in [-0.05, 0) is 12.1 Å². The van der Waals surface area contributed by atoms with Crippen LogP contribution in [0, 0.1) is 0 Å². The summed E-state index contributed by atoms with van der Waals surface area (Å²) in [5, 5.41) is 8.65. The van der Waals surface area contributed by atoms with Crippen molar-refractivity contribution in [2.45, 2.75) is 4.90 Å². The van der Waals surface area contributed by atoms with Crippen LogP contribution in [0.2, 0.25) is 0 Å². The number of anilines is 1. The number of hydrogen-bond donors (Lipinski definition) is 2. The van der Waals surface area contributed by atoms with Crippen molar-refractivity contribution in [1.29, 1.82) is 0 Å². The molecule has 3 N–H and O–H groups in total. The quantitative estimate of drug-likeness (QED) is 0.798. The fourth-order valence-corrected chi connectivity index (χ4v) is 3.51. The number of rotatable bonds is 4. The molecule has 1 aromatic rings. The maximum Gasteiger partial charge on any atom is 0.238 e. The minimum absolute atomic E-state index is 0.0106. The molecular weight excluding hydrogens is 322 g/mol. The first kappa shape index (κ1) is 15.9. The lowest BCUT2D eigenvalue weighted by atomic mass is 10.1. The molecule has 0 aromatic heterocycles. The zero-order valence-corrected chi connectivity index (χ0v) is 13.6. The fraction of sp³-hybridized carbons (Fsp3) is 0.429. The average molecular weight is 341 g/mol. The number of methoxy groups -OCH3 is 1. The topological polar surface area (TPSA) is 103 Å². The second kappa shape index (κ2) is 6.26. The molecule has 0 radical (unpaired) electrons. The van der Waals surface area contributed by atoms with Crippen molar-refractivity contribution in [2.75, 3.05) is 45.0 Å². The lowest BCUT2D eigenvalue weighted by Crippen LogP contribution is -2.44. The van der Waals surface area contributed by atoms with E-state index in [1.54, 1.807) is 13.2 Å². The average Bonchev–Trinajstić information content (AvgIpc) is 3.07. The van der Waals surface area contributed by atoms with Crippen LogP contribution in [0.5, 0.6) is 5.75 Å². The third-order valence-corrected chi connectivity index (χ3v) is 4.73. The van der Waals surface area contributed by atoms with Crippen molar-refractivity contribution in [2.24, 2.45) is 5.14 Å². The Bertz CT molecular complexity index is 726. The van der Waals surface area contributed by atoms with E-state index in [0.717, 1.165) is 13.1 Å². The van der Waals surface area contributed by atoms with Crippen LogP contribution in [-0.2, 0) is 19.5 Å². The smallest absolute Gasteiger partial charge is 0.238 e. The van der Waals surface area contributed by atoms with Crippen LogP contribution in [0.4, 0.5) is 5.69 Å². The van der Waals surface area contributed by atoms with Crippen molar-refractivity contribution < 1.29 is 22.6 Å². The third kappa shape index (κ3) is 3.07. The number of piperazine rings is 1. The molecule has 0 saturated carbocycles. The van der Waals surface area contributed by atoms with Crippen LogP contribution in [-0.4, -0.2) is 48.5 Å². The van der Waals surface area contributed by atoms with E-state index in [4.69, 9.17) is 19.3 Å². The van der Waals surface area contributed by atoms with E-state index < -0.39 is 10.0 Å². The van der Waals surface area contributed by atoms with Gasteiger partial charge in [0.05, 0.1) is 23.3 Å². The third-order valence-electron chi connectivity index (χ3n) is 3.78. The highest BCUT2D eigenvalue weighted by molar-refractivity contribution is 7.89. The van der Waals surface area contributed by atoms with Crippen molar-refractivity contribution >= 4 is 21.5 Å². The highest BCUT2D eigenvalue weighted by Crippen LogP contribution is 2.41. The lowest BCUT2D eigenvalue weighted by molar-refractivity contribution is 0.100. The minimum Gasteiger partial charge on any atom is -0.495 e. The Morgan fingerprint density at radius 1 is 1.30 bits per heavy atom. The van der Waals surface area contributed by atoms with Gasteiger partial charge in [-0.3, -0.25) is 0 Å². The maximum absolute atomic E-state index is 12.0. The van der Waals surface area contributed by atoms with Gasteiger partial charge in [-0.25, -0.2) is 13.6 Å². The predicted octanol–water partition coefficient (Wildman–Crippen LogP) is 0.0549. The van der Waals surface area contributed by atoms with E-state index in [9.17, 15) is 8.42 Å². The number of nitrogens with two attached hydrogens (primary N) is 1. The van der Waals surface area contributed by atoms with Gasteiger partial charge in [0.2, 0.25) is 16.8 Å². The largest absolute Gasteiger partial charge is 0.495 e. The summed E-state index contributed by atoms with van der Waals surface area (Å²) >= 11 is 0. The SMILES string of the molecule is COc1ccc(S(N)(=O)=O)c(C2=COCO2)c1N1CCNCC1. The van der Waals surface area contributed by atoms with Gasteiger partial charge in [-0.2, -0.15) is 0 Å². The molecule has 0 atom stereocenters. The Hall–Kier alpha value is -1.97. The zero-order chi connectivity index (χ0) is 16.4. The number of primary sulfonamides is 1. The Kier molecular flexibility index (Phi) is 4.33. The number of benzene rings is 1. The summed E-state index contributed by atoms with van der Waals surface area (Å²) in [5.41, 5.74) is 1.03. The molecule has 8 nitrogen and oxygen atoms in total. The Morgan fingerprint density at radius 3 is 2.61 bits per heavy atom. The summed E-state index contributed by atoms with van der Waals surface area (Å²) in [7, 11) is -2.39. The number of nitrogens with one attached hydrogen (secondary N) is 1. The second-order valence-electron chi connectivity index (χ2n) is 5.18. The molecule has 9 heteroatoms. The van der Waals surface area contributed by atoms with Gasteiger partial charge in [0, 0.05) is 26.2 Å². The number of nitrogens with zero attached hydrogens (tertiary/aromatic N) is 1. The first-order chi connectivity index (χ1) is 11.0. The molecule has 1 aromatic carbocycles. The zero-order valence-electron chi connectivity index (χ0n) is 12.7. The van der Waals surface area contributed by atoms with E-state index in [1.165, 1.54) is 12.3 Å². The number of ether oxygens (including phenoxy) is 3. The molecule has 0 spiro atoms. The minimum atomic E-state index is -3.93. The Morgan fingerprint density at radius 2 is 2.04 bits per heavy atom. The van der Waals surface area contributed by atoms with Gasteiger partial charge in [0.25, 0.3) is 0 Å². The lowest BCUT2D eigenvalue weighted by Gasteiger charge is -2.32. The van der Waals surface area contributed by atoms with Crippen molar-refractivity contribution in [1.82, 2.24) is 5.32 Å². The molecule has 0 amide bonds. The monoisotopic (exact) mass is 341 g/mol. The van der Waals surface area contributed by atoms with Crippen LogP contribution in [0.3, 0.4) is 0 Å². The molecule has 0 unspecified atom stereocenters. The van der Waals surface area contributed by atoms with Crippen molar-refractivity contribution in [3.8, 4) is 5.75 Å². The molecule has 1 fully saturated rings. The van der Waals surface area contributed by atoms with Gasteiger partial charge in [0.1, 0.15) is 12.0 Å². The summed E-state index contributed by atoms with van der Waals surface area (Å²) in [6.45, 7) is 3.05. The summed E-state index contributed by atoms with van der Waals surface area (Å²) in [6, 6.07) is 3.04. The normalized spacial score (nSPS) is 18.2. The van der Waals surface area contributed by atoms with Crippen molar-refractivity contribution in [3.05, 3.63) is 24.0 Å². The van der Waals surface area contributed by atoms with Crippen LogP contribution in [0.1, 0.15) is 5.56 Å². The first-order valence-corrected chi connectivity index (χ1v) is 8.71. The molecule has 2 aliphatic heterocycles. The van der Waals surface area contributed by atoms with Crippen LogP contribution in [0.15, 0.2) is 23.3 Å². The summed E-state index contributed by atoms with van der Waals surface area (Å²) in [4.78, 5) is 2.05. The van der Waals surface area contributed by atoms with Crippen LogP contribution >= 0.6 is 0 Å². The Labute approximate surface area is 134 Å². The molecule has 2 heterocycles. The fourth-order valence-electron chi connectivity index (χ4n) is 2.77. The van der Waals surface area contributed by atoms with E-state index in [1.807, 2.05) is 0 Å². The van der Waals surface area contributed by atoms with Gasteiger partial charge in [-0.1, -0.05) is 0 Å². The van der Waals surface area contributed by atoms with Crippen LogP contribution in [0.25, 0.3) is 5.76 Å². The molecule has 0 bridgehead atoms. The second-order valence-corrected chi connectivity index (χ2v) is 6.71. The molecule has 23 heavy (non-hydrogen) atoms. The molecule has 0 aliphatic carbocycles. The van der Waals surface area contributed by atoms with Crippen LogP contribution < -0.4 is 20.1 Å². The van der Waals surface area contributed by atoms with Gasteiger partial charge in [-0.15, -0.1) is 0 Å². The number of hydrogen-bond acceptors (Lipinski definition) is 7. The molecule has 3 rings (SSSR count). The summed E-state index contributed by atoms with van der Waals surface area (Å²) in [6.07, 6.45) is 1.40. The van der Waals surface area contributed by atoms with E-state index in [2.05, 4.69) is 10.2 Å². The predicted molar refractivity (Wildman–Crippen MR) is 84.5 cm³/mol. The Balaban J connectivity index is 2.24. The first-order valence-electron chi connectivity index (χ1n) is 7.17. The maximum atomic E-state index is 12.0. The highest BCUT2D eigenvalue weighted by Gasteiger charge is 2.29. The molecule has 2 aliphatic rings. The number of sulfonamides is 1. The van der Waals surface area contributed by atoms with E-state index in [0.29, 0.717) is 35.8 Å². The van der Waals surface area contributed by atoms with Crippen molar-refractivity contribution in [3.63, 3.8) is 0 Å². The van der Waals surface area contributed by atoms with Gasteiger partial charge in [0.15, 0.2) is 5.76 Å².